The Morgan fingerprint density at radius 2 is 1.67 bits per heavy atom. The van der Waals surface area contributed by atoms with Crippen molar-refractivity contribution in [2.24, 2.45) is 0 Å². The molecule has 0 aliphatic heterocycles. The predicted molar refractivity (Wildman–Crippen MR) is 80.5 cm³/mol. The maximum atomic E-state index is 10.9. The summed E-state index contributed by atoms with van der Waals surface area (Å²) in [5, 5.41) is 3.47. The molecule has 0 saturated carbocycles. The average Bonchev–Trinajstić information content (AvgIpc) is 2.34. The van der Waals surface area contributed by atoms with E-state index in [4.69, 9.17) is 0 Å². The van der Waals surface area contributed by atoms with E-state index in [1.54, 1.807) is 6.26 Å². The van der Waals surface area contributed by atoms with E-state index in [1.165, 1.54) is 11.1 Å². The number of hydrogen-bond donors (Lipinski definition) is 1. The summed E-state index contributed by atoms with van der Waals surface area (Å²) in [6.07, 6.45) is 2.73. The molecule has 1 aromatic rings. The van der Waals surface area contributed by atoms with Gasteiger partial charge >= 0.3 is 0 Å². The van der Waals surface area contributed by atoms with E-state index >= 15 is 0 Å². The topological polar surface area (TPSA) is 29.1 Å². The van der Waals surface area contributed by atoms with E-state index in [1.807, 2.05) is 0 Å². The SMILES string of the molecule is CC(C)c1ccc(C(C)NCCCS(C)=O)cc1. The van der Waals surface area contributed by atoms with E-state index in [2.05, 4.69) is 50.4 Å². The first kappa shape index (κ1) is 15.4. The minimum absolute atomic E-state index is 0.358. The van der Waals surface area contributed by atoms with Crippen LogP contribution in [0.2, 0.25) is 0 Å². The van der Waals surface area contributed by atoms with Gasteiger partial charge in [0, 0.05) is 28.9 Å². The van der Waals surface area contributed by atoms with Crippen molar-refractivity contribution in [1.82, 2.24) is 5.32 Å². The molecule has 0 amide bonds. The summed E-state index contributed by atoms with van der Waals surface area (Å²) in [4.78, 5) is 0. The van der Waals surface area contributed by atoms with Gasteiger partial charge in [-0.25, -0.2) is 0 Å². The molecule has 3 heteroatoms. The van der Waals surface area contributed by atoms with Crippen molar-refractivity contribution in [1.29, 1.82) is 0 Å². The molecule has 102 valence electrons. The van der Waals surface area contributed by atoms with Gasteiger partial charge in [0.15, 0.2) is 0 Å². The van der Waals surface area contributed by atoms with Crippen LogP contribution in [0.4, 0.5) is 0 Å². The fourth-order valence-corrected chi connectivity index (χ4v) is 2.43. The molecule has 0 aliphatic carbocycles. The quantitative estimate of drug-likeness (QED) is 0.769. The summed E-state index contributed by atoms with van der Waals surface area (Å²) in [5.74, 6) is 1.37. The maximum Gasteiger partial charge on any atom is 0.0291 e. The van der Waals surface area contributed by atoms with Crippen LogP contribution < -0.4 is 5.32 Å². The molecular formula is C15H25NOS. The lowest BCUT2D eigenvalue weighted by molar-refractivity contribution is 0.570. The molecule has 0 aromatic heterocycles. The van der Waals surface area contributed by atoms with Crippen LogP contribution in [0.1, 0.15) is 50.3 Å². The molecule has 1 N–H and O–H groups in total. The van der Waals surface area contributed by atoms with E-state index in [-0.39, 0.29) is 0 Å². The largest absolute Gasteiger partial charge is 0.310 e. The second kappa shape index (κ2) is 7.70. The fraction of sp³-hybridized carbons (Fsp3) is 0.600. The second-order valence-electron chi connectivity index (χ2n) is 5.13. The van der Waals surface area contributed by atoms with Crippen LogP contribution >= 0.6 is 0 Å². The van der Waals surface area contributed by atoms with Gasteiger partial charge in [0.05, 0.1) is 0 Å². The van der Waals surface area contributed by atoms with Gasteiger partial charge < -0.3 is 5.32 Å². The van der Waals surface area contributed by atoms with E-state index < -0.39 is 10.8 Å². The van der Waals surface area contributed by atoms with Crippen LogP contribution in [0.25, 0.3) is 0 Å². The highest BCUT2D eigenvalue weighted by molar-refractivity contribution is 7.84. The summed E-state index contributed by atoms with van der Waals surface area (Å²) >= 11 is 0. The lowest BCUT2D eigenvalue weighted by Gasteiger charge is -2.15. The van der Waals surface area contributed by atoms with Gasteiger partial charge in [-0.2, -0.15) is 0 Å². The van der Waals surface area contributed by atoms with Crippen molar-refractivity contribution in [2.45, 2.75) is 39.2 Å². The van der Waals surface area contributed by atoms with Crippen molar-refractivity contribution in [3.63, 3.8) is 0 Å². The normalized spacial score (nSPS) is 14.7. The maximum absolute atomic E-state index is 10.9. The highest BCUT2D eigenvalue weighted by atomic mass is 32.2. The highest BCUT2D eigenvalue weighted by Gasteiger charge is 2.05. The summed E-state index contributed by atoms with van der Waals surface area (Å²) < 4.78 is 10.9. The number of benzene rings is 1. The van der Waals surface area contributed by atoms with Crippen molar-refractivity contribution >= 4 is 10.8 Å². The van der Waals surface area contributed by atoms with E-state index in [9.17, 15) is 4.21 Å². The van der Waals surface area contributed by atoms with Crippen molar-refractivity contribution in [3.05, 3.63) is 35.4 Å². The molecule has 1 rings (SSSR count). The Morgan fingerprint density at radius 3 is 2.17 bits per heavy atom. The predicted octanol–water partition coefficient (Wildman–Crippen LogP) is 3.23. The lowest BCUT2D eigenvalue weighted by atomic mass is 9.99. The van der Waals surface area contributed by atoms with Gasteiger partial charge in [-0.05, 0) is 36.9 Å². The van der Waals surface area contributed by atoms with Gasteiger partial charge in [-0.1, -0.05) is 38.1 Å². The fourth-order valence-electron chi connectivity index (χ4n) is 1.88. The standard InChI is InChI=1S/C15H25NOS/c1-12(2)14-6-8-15(9-7-14)13(3)16-10-5-11-18(4)17/h6-9,12-13,16H,5,10-11H2,1-4H3. The zero-order chi connectivity index (χ0) is 13.5. The molecule has 0 heterocycles. The van der Waals surface area contributed by atoms with Gasteiger partial charge in [-0.3, -0.25) is 4.21 Å². The van der Waals surface area contributed by atoms with Crippen LogP contribution in [0.3, 0.4) is 0 Å². The molecule has 2 atom stereocenters. The van der Waals surface area contributed by atoms with Gasteiger partial charge in [0.25, 0.3) is 0 Å². The second-order valence-corrected chi connectivity index (χ2v) is 6.68. The molecule has 0 radical (unpaired) electrons. The third-order valence-electron chi connectivity index (χ3n) is 3.16. The third kappa shape index (κ3) is 5.32. The van der Waals surface area contributed by atoms with Gasteiger partial charge in [-0.15, -0.1) is 0 Å². The highest BCUT2D eigenvalue weighted by Crippen LogP contribution is 2.18. The molecule has 0 aliphatic rings. The zero-order valence-corrected chi connectivity index (χ0v) is 12.7. The summed E-state index contributed by atoms with van der Waals surface area (Å²) in [6, 6.07) is 9.17. The Labute approximate surface area is 114 Å². The van der Waals surface area contributed by atoms with Crippen molar-refractivity contribution in [2.75, 3.05) is 18.6 Å². The summed E-state index contributed by atoms with van der Waals surface area (Å²) in [6.45, 7) is 7.52. The minimum Gasteiger partial charge on any atom is -0.310 e. The summed E-state index contributed by atoms with van der Waals surface area (Å²) in [5.41, 5.74) is 2.70. The van der Waals surface area contributed by atoms with Crippen molar-refractivity contribution < 1.29 is 4.21 Å². The molecule has 0 spiro atoms. The number of hydrogen-bond acceptors (Lipinski definition) is 2. The molecule has 0 saturated heterocycles. The molecular weight excluding hydrogens is 242 g/mol. The molecule has 18 heavy (non-hydrogen) atoms. The Bertz CT molecular complexity index is 373. The van der Waals surface area contributed by atoms with Crippen LogP contribution in [-0.2, 0) is 10.8 Å². The van der Waals surface area contributed by atoms with Crippen LogP contribution in [0.5, 0.6) is 0 Å². The monoisotopic (exact) mass is 267 g/mol. The Morgan fingerprint density at radius 1 is 1.11 bits per heavy atom. The first-order valence-electron chi connectivity index (χ1n) is 6.64. The Hall–Kier alpha value is -0.670. The Kier molecular flexibility index (Phi) is 6.58. The molecule has 0 fully saturated rings. The van der Waals surface area contributed by atoms with Gasteiger partial charge in [0.1, 0.15) is 0 Å². The number of rotatable bonds is 7. The minimum atomic E-state index is -0.673. The first-order valence-corrected chi connectivity index (χ1v) is 8.36. The molecule has 2 nitrogen and oxygen atoms in total. The van der Waals surface area contributed by atoms with Crippen LogP contribution in [-0.4, -0.2) is 22.8 Å². The van der Waals surface area contributed by atoms with Gasteiger partial charge in [0.2, 0.25) is 0 Å². The van der Waals surface area contributed by atoms with Crippen molar-refractivity contribution in [3.8, 4) is 0 Å². The molecule has 1 aromatic carbocycles. The number of nitrogens with one attached hydrogen (secondary N) is 1. The third-order valence-corrected chi connectivity index (χ3v) is 4.03. The lowest BCUT2D eigenvalue weighted by Crippen LogP contribution is -2.21. The zero-order valence-electron chi connectivity index (χ0n) is 11.9. The molecule has 2 unspecified atom stereocenters. The molecule has 0 bridgehead atoms. The van der Waals surface area contributed by atoms with Crippen LogP contribution in [0, 0.1) is 0 Å². The van der Waals surface area contributed by atoms with E-state index in [0.29, 0.717) is 12.0 Å². The van der Waals surface area contributed by atoms with Crippen LogP contribution in [0.15, 0.2) is 24.3 Å². The summed E-state index contributed by atoms with van der Waals surface area (Å²) in [7, 11) is -0.673. The Balaban J connectivity index is 2.41. The first-order chi connectivity index (χ1) is 8.50. The van der Waals surface area contributed by atoms with E-state index in [0.717, 1.165) is 18.7 Å². The smallest absolute Gasteiger partial charge is 0.0291 e. The average molecular weight is 267 g/mol.